The molecule has 2 heterocycles. The topological polar surface area (TPSA) is 93.2 Å². The quantitative estimate of drug-likeness (QED) is 0.690. The van der Waals surface area contributed by atoms with E-state index in [-0.39, 0.29) is 28.8 Å². The van der Waals surface area contributed by atoms with Crippen LogP contribution in [0.25, 0.3) is 0 Å². The number of hydrogen-bond donors (Lipinski definition) is 0. The van der Waals surface area contributed by atoms with Gasteiger partial charge in [0.05, 0.1) is 28.4 Å². The summed E-state index contributed by atoms with van der Waals surface area (Å²) in [6, 6.07) is 5.27. The summed E-state index contributed by atoms with van der Waals surface area (Å²) in [4.78, 5) is 28.8. The summed E-state index contributed by atoms with van der Waals surface area (Å²) in [7, 11) is -3.85. The summed E-state index contributed by atoms with van der Waals surface area (Å²) in [5.74, 6) is -0.291. The summed E-state index contributed by atoms with van der Waals surface area (Å²) in [5, 5.41) is -0.843. The lowest BCUT2D eigenvalue weighted by Gasteiger charge is -2.33. The van der Waals surface area contributed by atoms with Crippen LogP contribution < -0.4 is 0 Å². The van der Waals surface area contributed by atoms with Gasteiger partial charge in [-0.1, -0.05) is 23.7 Å². The molecule has 10 heteroatoms. The summed E-state index contributed by atoms with van der Waals surface area (Å²) in [6.07, 6.45) is -0.714. The molecule has 2 fully saturated rings. The second kappa shape index (κ2) is 8.72. The van der Waals surface area contributed by atoms with Crippen LogP contribution in [0, 0.1) is 0 Å². The smallest absolute Gasteiger partial charge is 0.411 e. The number of morpholine rings is 1. The molecule has 0 aromatic heterocycles. The molecule has 8 nitrogen and oxygen atoms in total. The SMILES string of the molecule is CC(C)(C)OC(=O)N1C[C@@H](S(=O)(=O)c2ccccc2Cl)C[C@H]1C(=O)N1CCOCC1. The van der Waals surface area contributed by atoms with Gasteiger partial charge in [-0.25, -0.2) is 13.2 Å². The Morgan fingerprint density at radius 2 is 1.80 bits per heavy atom. The van der Waals surface area contributed by atoms with Crippen molar-refractivity contribution in [3.63, 3.8) is 0 Å². The van der Waals surface area contributed by atoms with Crippen LogP contribution in [-0.4, -0.2) is 80.0 Å². The maximum atomic E-state index is 13.2. The maximum absolute atomic E-state index is 13.2. The first kappa shape index (κ1) is 22.8. The Labute approximate surface area is 182 Å². The first-order valence-electron chi connectivity index (χ1n) is 9.85. The van der Waals surface area contributed by atoms with Crippen LogP contribution in [0.15, 0.2) is 29.2 Å². The first-order chi connectivity index (χ1) is 14.0. The molecule has 30 heavy (non-hydrogen) atoms. The molecular weight excluding hydrogens is 432 g/mol. The van der Waals surface area contributed by atoms with Crippen molar-refractivity contribution in [1.29, 1.82) is 0 Å². The van der Waals surface area contributed by atoms with E-state index in [0.717, 1.165) is 0 Å². The van der Waals surface area contributed by atoms with Crippen molar-refractivity contribution in [2.45, 2.75) is 49.0 Å². The Bertz CT molecular complexity index is 908. The van der Waals surface area contributed by atoms with Gasteiger partial charge in [0.1, 0.15) is 11.6 Å². The van der Waals surface area contributed by atoms with Crippen molar-refractivity contribution in [1.82, 2.24) is 9.80 Å². The minimum absolute atomic E-state index is 0.000256. The van der Waals surface area contributed by atoms with E-state index in [1.807, 2.05) is 0 Å². The third kappa shape index (κ3) is 4.90. The Kier molecular flexibility index (Phi) is 6.64. The molecule has 0 aliphatic carbocycles. The van der Waals surface area contributed by atoms with Crippen LogP contribution >= 0.6 is 11.6 Å². The maximum Gasteiger partial charge on any atom is 0.411 e. The third-order valence-corrected chi connectivity index (χ3v) is 7.71. The number of rotatable bonds is 3. The van der Waals surface area contributed by atoms with Gasteiger partial charge in [0.25, 0.3) is 0 Å². The molecule has 3 rings (SSSR count). The van der Waals surface area contributed by atoms with E-state index in [1.165, 1.54) is 17.0 Å². The van der Waals surface area contributed by atoms with Gasteiger partial charge in [-0.2, -0.15) is 0 Å². The number of hydrogen-bond acceptors (Lipinski definition) is 6. The van der Waals surface area contributed by atoms with Crippen molar-refractivity contribution in [3.8, 4) is 0 Å². The van der Waals surface area contributed by atoms with E-state index < -0.39 is 32.8 Å². The van der Waals surface area contributed by atoms with Gasteiger partial charge >= 0.3 is 6.09 Å². The minimum Gasteiger partial charge on any atom is -0.444 e. The normalized spacial score (nSPS) is 22.8. The van der Waals surface area contributed by atoms with Crippen molar-refractivity contribution >= 4 is 33.4 Å². The van der Waals surface area contributed by atoms with Gasteiger partial charge in [0.2, 0.25) is 5.91 Å². The zero-order valence-electron chi connectivity index (χ0n) is 17.3. The van der Waals surface area contributed by atoms with E-state index in [2.05, 4.69) is 0 Å². The number of ether oxygens (including phenoxy) is 2. The molecule has 1 aromatic rings. The Hall–Kier alpha value is -1.84. The van der Waals surface area contributed by atoms with E-state index in [9.17, 15) is 18.0 Å². The lowest BCUT2D eigenvalue weighted by Crippen LogP contribution is -2.51. The molecule has 166 valence electrons. The molecule has 0 radical (unpaired) electrons. The molecule has 2 amide bonds. The van der Waals surface area contributed by atoms with Gasteiger partial charge in [-0.05, 0) is 39.3 Å². The predicted molar refractivity (Wildman–Crippen MR) is 111 cm³/mol. The fraction of sp³-hybridized carbons (Fsp3) is 0.600. The van der Waals surface area contributed by atoms with Gasteiger partial charge < -0.3 is 14.4 Å². The predicted octanol–water partition coefficient (Wildman–Crippen LogP) is 2.35. The van der Waals surface area contributed by atoms with Crippen LogP contribution in [-0.2, 0) is 24.1 Å². The van der Waals surface area contributed by atoms with Gasteiger partial charge in [0.15, 0.2) is 9.84 Å². The van der Waals surface area contributed by atoms with Crippen LogP contribution in [0.2, 0.25) is 5.02 Å². The van der Waals surface area contributed by atoms with Crippen molar-refractivity contribution in [2.75, 3.05) is 32.8 Å². The largest absolute Gasteiger partial charge is 0.444 e. The highest BCUT2D eigenvalue weighted by atomic mass is 35.5. The number of sulfone groups is 1. The monoisotopic (exact) mass is 458 g/mol. The van der Waals surface area contributed by atoms with Crippen molar-refractivity contribution in [3.05, 3.63) is 29.3 Å². The van der Waals surface area contributed by atoms with Gasteiger partial charge in [-0.15, -0.1) is 0 Å². The molecule has 2 saturated heterocycles. The lowest BCUT2D eigenvalue weighted by molar-refractivity contribution is -0.140. The highest BCUT2D eigenvalue weighted by Gasteiger charge is 2.48. The second-order valence-corrected chi connectivity index (χ2v) is 11.0. The molecule has 2 aliphatic heterocycles. The Morgan fingerprint density at radius 3 is 2.40 bits per heavy atom. The average Bonchev–Trinajstić information content (AvgIpc) is 3.13. The fourth-order valence-electron chi connectivity index (χ4n) is 3.63. The number of amides is 2. The molecule has 0 spiro atoms. The second-order valence-electron chi connectivity index (χ2n) is 8.42. The standard InChI is InChI=1S/C20H27ClN2O6S/c1-20(2,3)29-19(25)23-13-14(30(26,27)17-7-5-4-6-15(17)21)12-16(23)18(24)22-8-10-28-11-9-22/h4-7,14,16H,8-13H2,1-3H3/t14-,16-/m0/s1. The number of likely N-dealkylation sites (tertiary alicyclic amines) is 1. The summed E-state index contributed by atoms with van der Waals surface area (Å²) in [6.45, 7) is 6.65. The summed E-state index contributed by atoms with van der Waals surface area (Å²) in [5.41, 5.74) is -0.774. The Morgan fingerprint density at radius 1 is 1.17 bits per heavy atom. The fourth-order valence-corrected chi connectivity index (χ4v) is 5.85. The van der Waals surface area contributed by atoms with Gasteiger partial charge in [0, 0.05) is 19.6 Å². The number of carbonyl (C=O) groups excluding carboxylic acids is 2. The lowest BCUT2D eigenvalue weighted by atomic mass is 10.2. The molecular formula is C20H27ClN2O6S. The highest BCUT2D eigenvalue weighted by Crippen LogP contribution is 2.33. The number of carbonyl (C=O) groups is 2. The Balaban J connectivity index is 1.90. The van der Waals surface area contributed by atoms with E-state index in [4.69, 9.17) is 21.1 Å². The number of nitrogens with zero attached hydrogens (tertiary/aromatic N) is 2. The molecule has 0 unspecified atom stereocenters. The zero-order chi connectivity index (χ0) is 22.1. The molecule has 0 bridgehead atoms. The highest BCUT2D eigenvalue weighted by molar-refractivity contribution is 7.92. The number of halogens is 1. The van der Waals surface area contributed by atoms with Crippen molar-refractivity contribution in [2.24, 2.45) is 0 Å². The molecule has 0 N–H and O–H groups in total. The summed E-state index contributed by atoms with van der Waals surface area (Å²) >= 11 is 6.12. The first-order valence-corrected chi connectivity index (χ1v) is 11.8. The molecule has 2 aliphatic rings. The van der Waals surface area contributed by atoms with Gasteiger partial charge in [-0.3, -0.25) is 9.69 Å². The van der Waals surface area contributed by atoms with Crippen LogP contribution in [0.1, 0.15) is 27.2 Å². The van der Waals surface area contributed by atoms with E-state index in [1.54, 1.807) is 37.8 Å². The van der Waals surface area contributed by atoms with Crippen LogP contribution in [0.5, 0.6) is 0 Å². The summed E-state index contributed by atoms with van der Waals surface area (Å²) < 4.78 is 37.2. The van der Waals surface area contributed by atoms with Crippen LogP contribution in [0.3, 0.4) is 0 Å². The zero-order valence-corrected chi connectivity index (χ0v) is 18.9. The third-order valence-electron chi connectivity index (χ3n) is 5.08. The average molecular weight is 459 g/mol. The van der Waals surface area contributed by atoms with Crippen LogP contribution in [0.4, 0.5) is 4.79 Å². The van der Waals surface area contributed by atoms with E-state index >= 15 is 0 Å². The molecule has 2 atom stereocenters. The van der Waals surface area contributed by atoms with E-state index in [0.29, 0.717) is 26.3 Å². The molecule has 0 saturated carbocycles. The molecule has 1 aromatic carbocycles. The van der Waals surface area contributed by atoms with Crippen molar-refractivity contribution < 1.29 is 27.5 Å². The number of benzene rings is 1. The minimum atomic E-state index is -3.85.